The minimum atomic E-state index is -0.0500. The highest BCUT2D eigenvalue weighted by atomic mass is 16.2. The van der Waals surface area contributed by atoms with Crippen molar-refractivity contribution in [3.8, 4) is 0 Å². The summed E-state index contributed by atoms with van der Waals surface area (Å²) in [5.74, 6) is 1.55. The van der Waals surface area contributed by atoms with E-state index in [4.69, 9.17) is 0 Å². The van der Waals surface area contributed by atoms with Gasteiger partial charge in [0.2, 0.25) is 5.91 Å². The van der Waals surface area contributed by atoms with E-state index < -0.39 is 0 Å². The minimum absolute atomic E-state index is 0.0385. The van der Waals surface area contributed by atoms with Crippen molar-refractivity contribution in [3.63, 3.8) is 0 Å². The lowest BCUT2D eigenvalue weighted by molar-refractivity contribution is -0.120. The molecular formula is C15H20N6O. The van der Waals surface area contributed by atoms with Gasteiger partial charge in [-0.3, -0.25) is 14.5 Å². The molecule has 1 saturated heterocycles. The first-order valence-electron chi connectivity index (χ1n) is 7.46. The SMILES string of the molecule is Cc1cc(NC(=O)[C@@H]2CCCN(c3cnccn3)C2)n(C)n1. The molecule has 1 fully saturated rings. The molecule has 0 aliphatic carbocycles. The molecule has 2 aromatic rings. The molecule has 3 rings (SSSR count). The first kappa shape index (κ1) is 14.5. The summed E-state index contributed by atoms with van der Waals surface area (Å²) in [6, 6.07) is 1.88. The van der Waals surface area contributed by atoms with Crippen LogP contribution in [0.5, 0.6) is 0 Å². The first-order chi connectivity index (χ1) is 10.6. The smallest absolute Gasteiger partial charge is 0.230 e. The van der Waals surface area contributed by atoms with E-state index in [0.717, 1.165) is 36.7 Å². The van der Waals surface area contributed by atoms with Gasteiger partial charge in [0.1, 0.15) is 11.6 Å². The van der Waals surface area contributed by atoms with Gasteiger partial charge in [0.25, 0.3) is 0 Å². The van der Waals surface area contributed by atoms with Gasteiger partial charge in [-0.05, 0) is 19.8 Å². The molecule has 0 aromatic carbocycles. The molecule has 1 N–H and O–H groups in total. The van der Waals surface area contributed by atoms with Crippen molar-refractivity contribution in [2.75, 3.05) is 23.3 Å². The van der Waals surface area contributed by atoms with Crippen LogP contribution in [0, 0.1) is 12.8 Å². The lowest BCUT2D eigenvalue weighted by Gasteiger charge is -2.32. The summed E-state index contributed by atoms with van der Waals surface area (Å²) in [5.41, 5.74) is 0.891. The zero-order chi connectivity index (χ0) is 15.5. The van der Waals surface area contributed by atoms with Gasteiger partial charge in [0, 0.05) is 38.6 Å². The number of anilines is 2. The fourth-order valence-electron chi connectivity index (χ4n) is 2.81. The van der Waals surface area contributed by atoms with Crippen molar-refractivity contribution in [1.82, 2.24) is 19.7 Å². The van der Waals surface area contributed by atoms with E-state index in [1.165, 1.54) is 0 Å². The summed E-state index contributed by atoms with van der Waals surface area (Å²) in [4.78, 5) is 23.0. The van der Waals surface area contributed by atoms with Crippen molar-refractivity contribution in [2.24, 2.45) is 13.0 Å². The second-order valence-corrected chi connectivity index (χ2v) is 5.63. The monoisotopic (exact) mass is 300 g/mol. The third-order valence-electron chi connectivity index (χ3n) is 3.92. The number of aryl methyl sites for hydroxylation is 2. The van der Waals surface area contributed by atoms with Crippen LogP contribution in [0.15, 0.2) is 24.7 Å². The number of piperidine rings is 1. The molecule has 2 aromatic heterocycles. The number of nitrogens with zero attached hydrogens (tertiary/aromatic N) is 5. The Morgan fingerprint density at radius 2 is 2.27 bits per heavy atom. The van der Waals surface area contributed by atoms with E-state index >= 15 is 0 Å². The maximum absolute atomic E-state index is 12.5. The summed E-state index contributed by atoms with van der Waals surface area (Å²) in [5, 5.41) is 7.22. The van der Waals surface area contributed by atoms with E-state index in [9.17, 15) is 4.79 Å². The van der Waals surface area contributed by atoms with Crippen LogP contribution < -0.4 is 10.2 Å². The lowest BCUT2D eigenvalue weighted by atomic mass is 9.97. The molecule has 7 nitrogen and oxygen atoms in total. The molecule has 0 unspecified atom stereocenters. The number of rotatable bonds is 3. The number of carbonyl (C=O) groups is 1. The van der Waals surface area contributed by atoms with Crippen molar-refractivity contribution >= 4 is 17.5 Å². The second kappa shape index (κ2) is 6.13. The van der Waals surface area contributed by atoms with Crippen molar-refractivity contribution in [2.45, 2.75) is 19.8 Å². The van der Waals surface area contributed by atoms with Crippen LogP contribution in [-0.2, 0) is 11.8 Å². The largest absolute Gasteiger partial charge is 0.355 e. The maximum atomic E-state index is 12.5. The van der Waals surface area contributed by atoms with E-state index in [-0.39, 0.29) is 11.8 Å². The summed E-state index contributed by atoms with van der Waals surface area (Å²) >= 11 is 0. The van der Waals surface area contributed by atoms with E-state index in [0.29, 0.717) is 6.54 Å². The average Bonchev–Trinajstić information content (AvgIpc) is 2.86. The highest BCUT2D eigenvalue weighted by molar-refractivity contribution is 5.92. The fraction of sp³-hybridized carbons (Fsp3) is 0.467. The molecule has 7 heteroatoms. The number of carbonyl (C=O) groups excluding carboxylic acids is 1. The number of hydrogen-bond donors (Lipinski definition) is 1. The fourth-order valence-corrected chi connectivity index (χ4v) is 2.81. The number of hydrogen-bond acceptors (Lipinski definition) is 5. The van der Waals surface area contributed by atoms with E-state index in [1.807, 2.05) is 20.0 Å². The molecule has 116 valence electrons. The molecule has 0 radical (unpaired) electrons. The maximum Gasteiger partial charge on any atom is 0.230 e. The van der Waals surface area contributed by atoms with Crippen molar-refractivity contribution in [1.29, 1.82) is 0 Å². The van der Waals surface area contributed by atoms with Crippen LogP contribution in [0.25, 0.3) is 0 Å². The third kappa shape index (κ3) is 3.08. The first-order valence-corrected chi connectivity index (χ1v) is 7.46. The Bertz CT molecular complexity index is 653. The van der Waals surface area contributed by atoms with Crippen molar-refractivity contribution < 1.29 is 4.79 Å². The van der Waals surface area contributed by atoms with E-state index in [1.54, 1.807) is 23.3 Å². The predicted molar refractivity (Wildman–Crippen MR) is 83.5 cm³/mol. The molecule has 1 aliphatic rings. The Balaban J connectivity index is 1.67. The standard InChI is InChI=1S/C15H20N6O/c1-11-8-13(20(2)19-11)18-15(22)12-4-3-7-21(10-12)14-9-16-5-6-17-14/h5-6,8-9,12H,3-4,7,10H2,1-2H3,(H,18,22)/t12-/m1/s1. The zero-order valence-electron chi connectivity index (χ0n) is 12.9. The highest BCUT2D eigenvalue weighted by Gasteiger charge is 2.27. The Labute approximate surface area is 129 Å². The summed E-state index contributed by atoms with van der Waals surface area (Å²) in [6.45, 7) is 3.49. The van der Waals surface area contributed by atoms with Gasteiger partial charge in [0.15, 0.2) is 0 Å². The van der Waals surface area contributed by atoms with Crippen LogP contribution in [0.1, 0.15) is 18.5 Å². The molecule has 0 saturated carbocycles. The van der Waals surface area contributed by atoms with Crippen LogP contribution in [0.2, 0.25) is 0 Å². The minimum Gasteiger partial charge on any atom is -0.355 e. The number of amides is 1. The van der Waals surface area contributed by atoms with Gasteiger partial charge in [-0.25, -0.2) is 4.98 Å². The van der Waals surface area contributed by atoms with E-state index in [2.05, 4.69) is 25.3 Å². The van der Waals surface area contributed by atoms with Gasteiger partial charge in [-0.2, -0.15) is 5.10 Å². The second-order valence-electron chi connectivity index (χ2n) is 5.63. The summed E-state index contributed by atoms with van der Waals surface area (Å²) < 4.78 is 1.69. The Morgan fingerprint density at radius 1 is 1.41 bits per heavy atom. The molecule has 1 amide bonds. The van der Waals surface area contributed by atoms with Crippen molar-refractivity contribution in [3.05, 3.63) is 30.4 Å². The average molecular weight is 300 g/mol. The predicted octanol–water partition coefficient (Wildman–Crippen LogP) is 1.37. The van der Waals surface area contributed by atoms with Crippen LogP contribution in [-0.4, -0.2) is 38.7 Å². The van der Waals surface area contributed by atoms with Crippen LogP contribution >= 0.6 is 0 Å². The molecule has 1 atom stereocenters. The van der Waals surface area contributed by atoms with Gasteiger partial charge in [0.05, 0.1) is 17.8 Å². The Hall–Kier alpha value is -2.44. The molecule has 22 heavy (non-hydrogen) atoms. The molecule has 0 bridgehead atoms. The van der Waals surface area contributed by atoms with Gasteiger partial charge < -0.3 is 10.2 Å². The Morgan fingerprint density at radius 3 is 2.95 bits per heavy atom. The topological polar surface area (TPSA) is 75.9 Å². The number of nitrogens with one attached hydrogen (secondary N) is 1. The number of aromatic nitrogens is 4. The molecular weight excluding hydrogens is 280 g/mol. The normalized spacial score (nSPS) is 18.3. The molecule has 0 spiro atoms. The third-order valence-corrected chi connectivity index (χ3v) is 3.92. The zero-order valence-corrected chi connectivity index (χ0v) is 12.9. The lowest BCUT2D eigenvalue weighted by Crippen LogP contribution is -2.41. The van der Waals surface area contributed by atoms with Gasteiger partial charge in [-0.1, -0.05) is 0 Å². The van der Waals surface area contributed by atoms with Crippen LogP contribution in [0.3, 0.4) is 0 Å². The quantitative estimate of drug-likeness (QED) is 0.926. The summed E-state index contributed by atoms with van der Waals surface area (Å²) in [7, 11) is 1.83. The molecule has 1 aliphatic heterocycles. The highest BCUT2D eigenvalue weighted by Crippen LogP contribution is 2.22. The summed E-state index contributed by atoms with van der Waals surface area (Å²) in [6.07, 6.45) is 6.93. The Kier molecular flexibility index (Phi) is 4.04. The van der Waals surface area contributed by atoms with Gasteiger partial charge in [-0.15, -0.1) is 0 Å². The van der Waals surface area contributed by atoms with Gasteiger partial charge >= 0.3 is 0 Å². The molecule has 3 heterocycles. The van der Waals surface area contributed by atoms with Crippen LogP contribution in [0.4, 0.5) is 11.6 Å².